The first kappa shape index (κ1) is 25.7. The lowest BCUT2D eigenvalue weighted by atomic mass is 10.2. The number of ether oxygens (including phenoxy) is 4. The van der Waals surface area contributed by atoms with Crippen molar-refractivity contribution in [3.63, 3.8) is 0 Å². The largest absolute Gasteiger partial charge is 0.497 e. The van der Waals surface area contributed by atoms with Crippen molar-refractivity contribution in [3.05, 3.63) is 70.7 Å². The third-order valence-electron chi connectivity index (χ3n) is 4.73. The summed E-state index contributed by atoms with van der Waals surface area (Å²) in [5.74, 6) is -0.563. The normalized spacial score (nSPS) is 10.4. The maximum Gasteiger partial charge on any atom is 0.350 e. The molecule has 0 saturated carbocycles. The summed E-state index contributed by atoms with van der Waals surface area (Å²) < 4.78 is 20.7. The highest BCUT2D eigenvalue weighted by atomic mass is 32.1. The minimum atomic E-state index is -0.698. The summed E-state index contributed by atoms with van der Waals surface area (Å²) in [6, 6.07) is 16.0. The molecule has 0 bridgehead atoms. The molecule has 3 rings (SSSR count). The molecular formula is C25H26N2O7S. The number of carbonyl (C=O) groups excluding carboxylic acids is 3. The summed E-state index contributed by atoms with van der Waals surface area (Å²) in [5, 5.41) is 0.310. The molecular weight excluding hydrogens is 472 g/mol. The maximum absolute atomic E-state index is 13.1. The molecule has 3 aromatic rings. The van der Waals surface area contributed by atoms with Crippen LogP contribution in [0.1, 0.15) is 27.9 Å². The minimum absolute atomic E-state index is 0.189. The van der Waals surface area contributed by atoms with Crippen molar-refractivity contribution in [1.82, 2.24) is 4.98 Å². The SMILES string of the molecule is CCOC(=O)c1sc(N(Cc2ccccc2)C(=O)COC(=O)COc2ccc(OC)cc2)nc1C. The van der Waals surface area contributed by atoms with Crippen molar-refractivity contribution in [2.24, 2.45) is 0 Å². The van der Waals surface area contributed by atoms with Crippen LogP contribution in [0.5, 0.6) is 11.5 Å². The number of methoxy groups -OCH3 is 1. The van der Waals surface area contributed by atoms with E-state index in [9.17, 15) is 14.4 Å². The zero-order valence-electron chi connectivity index (χ0n) is 19.7. The molecule has 1 heterocycles. The molecule has 0 radical (unpaired) electrons. The second-order valence-electron chi connectivity index (χ2n) is 7.22. The number of aryl methyl sites for hydroxylation is 1. The molecule has 35 heavy (non-hydrogen) atoms. The fourth-order valence-corrected chi connectivity index (χ4v) is 3.97. The van der Waals surface area contributed by atoms with Crippen molar-refractivity contribution in [2.75, 3.05) is 31.8 Å². The summed E-state index contributed by atoms with van der Waals surface area (Å²) in [6.45, 7) is 2.94. The van der Waals surface area contributed by atoms with Gasteiger partial charge in [0.1, 0.15) is 16.4 Å². The Bertz CT molecular complexity index is 1150. The van der Waals surface area contributed by atoms with Crippen LogP contribution in [0, 0.1) is 6.92 Å². The van der Waals surface area contributed by atoms with E-state index in [1.54, 1.807) is 45.2 Å². The highest BCUT2D eigenvalue weighted by Crippen LogP contribution is 2.28. The van der Waals surface area contributed by atoms with Gasteiger partial charge in [-0.2, -0.15) is 0 Å². The van der Waals surface area contributed by atoms with Gasteiger partial charge in [0.15, 0.2) is 18.3 Å². The Morgan fingerprint density at radius 1 is 0.943 bits per heavy atom. The van der Waals surface area contributed by atoms with E-state index in [-0.39, 0.29) is 19.8 Å². The van der Waals surface area contributed by atoms with Gasteiger partial charge in [-0.25, -0.2) is 14.6 Å². The zero-order chi connectivity index (χ0) is 25.2. The number of hydrogen-bond acceptors (Lipinski definition) is 9. The highest BCUT2D eigenvalue weighted by Gasteiger charge is 2.25. The van der Waals surface area contributed by atoms with E-state index in [4.69, 9.17) is 18.9 Å². The van der Waals surface area contributed by atoms with Crippen LogP contribution in [0.2, 0.25) is 0 Å². The van der Waals surface area contributed by atoms with Crippen LogP contribution in [-0.2, 0) is 25.6 Å². The number of nitrogens with zero attached hydrogens (tertiary/aromatic N) is 2. The van der Waals surface area contributed by atoms with Crippen molar-refractivity contribution < 1.29 is 33.3 Å². The summed E-state index contributed by atoms with van der Waals surface area (Å²) in [4.78, 5) is 43.5. The number of thiazole rings is 1. The van der Waals surface area contributed by atoms with Gasteiger partial charge in [-0.3, -0.25) is 9.69 Å². The van der Waals surface area contributed by atoms with Crippen LogP contribution in [0.3, 0.4) is 0 Å². The summed E-state index contributed by atoms with van der Waals surface area (Å²) in [5.41, 5.74) is 1.31. The first-order chi connectivity index (χ1) is 16.9. The van der Waals surface area contributed by atoms with Gasteiger partial charge in [0, 0.05) is 0 Å². The van der Waals surface area contributed by atoms with Gasteiger partial charge in [-0.05, 0) is 43.7 Å². The highest BCUT2D eigenvalue weighted by molar-refractivity contribution is 7.17. The van der Waals surface area contributed by atoms with Gasteiger partial charge in [0.25, 0.3) is 5.91 Å². The molecule has 10 heteroatoms. The second-order valence-corrected chi connectivity index (χ2v) is 8.20. The molecule has 0 aliphatic carbocycles. The topological polar surface area (TPSA) is 104 Å². The lowest BCUT2D eigenvalue weighted by Crippen LogP contribution is -2.34. The van der Waals surface area contributed by atoms with Crippen LogP contribution in [0.15, 0.2) is 54.6 Å². The average Bonchev–Trinajstić information content (AvgIpc) is 3.26. The van der Waals surface area contributed by atoms with Crippen LogP contribution < -0.4 is 14.4 Å². The van der Waals surface area contributed by atoms with E-state index in [0.29, 0.717) is 27.2 Å². The number of rotatable bonds is 11. The quantitative estimate of drug-likeness (QED) is 0.368. The summed E-state index contributed by atoms with van der Waals surface area (Å²) in [7, 11) is 1.55. The lowest BCUT2D eigenvalue weighted by Gasteiger charge is -2.20. The number of esters is 2. The van der Waals surface area contributed by atoms with Crippen LogP contribution in [0.25, 0.3) is 0 Å². The van der Waals surface area contributed by atoms with Gasteiger partial charge in [-0.15, -0.1) is 0 Å². The standard InChI is InChI=1S/C25H26N2O7S/c1-4-32-24(30)23-17(2)26-25(35-23)27(14-18-8-6-5-7-9-18)21(28)15-34-22(29)16-33-20-12-10-19(31-3)11-13-20/h5-13H,4,14-16H2,1-3H3. The Morgan fingerprint density at radius 2 is 1.63 bits per heavy atom. The molecule has 9 nitrogen and oxygen atoms in total. The first-order valence-electron chi connectivity index (χ1n) is 10.8. The predicted octanol–water partition coefficient (Wildman–Crippen LogP) is 3.79. The summed E-state index contributed by atoms with van der Waals surface area (Å²) >= 11 is 1.05. The fourth-order valence-electron chi connectivity index (χ4n) is 2.99. The fraction of sp³-hybridized carbons (Fsp3) is 0.280. The molecule has 0 aliphatic rings. The number of benzene rings is 2. The van der Waals surface area contributed by atoms with E-state index in [2.05, 4.69) is 4.98 Å². The molecule has 0 N–H and O–H groups in total. The molecule has 1 aromatic heterocycles. The van der Waals surface area contributed by atoms with Crippen molar-refractivity contribution in [3.8, 4) is 11.5 Å². The third kappa shape index (κ3) is 7.28. The monoisotopic (exact) mass is 498 g/mol. The number of anilines is 1. The molecule has 2 aromatic carbocycles. The van der Waals surface area contributed by atoms with Crippen LogP contribution in [-0.4, -0.2) is 49.8 Å². The van der Waals surface area contributed by atoms with E-state index in [1.165, 1.54) is 4.90 Å². The Kier molecular flexibility index (Phi) is 9.19. The lowest BCUT2D eigenvalue weighted by molar-refractivity contribution is -0.149. The van der Waals surface area contributed by atoms with E-state index >= 15 is 0 Å². The average molecular weight is 499 g/mol. The Labute approximate surface area is 207 Å². The Hall–Kier alpha value is -3.92. The number of aromatic nitrogens is 1. The van der Waals surface area contributed by atoms with Crippen LogP contribution in [0.4, 0.5) is 5.13 Å². The van der Waals surface area contributed by atoms with Gasteiger partial charge in [0.05, 0.1) is 26.0 Å². The van der Waals surface area contributed by atoms with E-state index in [0.717, 1.165) is 16.9 Å². The van der Waals surface area contributed by atoms with Gasteiger partial charge in [-0.1, -0.05) is 41.7 Å². The van der Waals surface area contributed by atoms with Gasteiger partial charge in [0.2, 0.25) is 0 Å². The zero-order valence-corrected chi connectivity index (χ0v) is 20.5. The molecule has 1 amide bonds. The maximum atomic E-state index is 13.1. The number of hydrogen-bond donors (Lipinski definition) is 0. The van der Waals surface area contributed by atoms with Crippen LogP contribution >= 0.6 is 11.3 Å². The number of amides is 1. The van der Waals surface area contributed by atoms with Crippen molar-refractivity contribution in [2.45, 2.75) is 20.4 Å². The first-order valence-corrected chi connectivity index (χ1v) is 11.6. The van der Waals surface area contributed by atoms with Crippen molar-refractivity contribution in [1.29, 1.82) is 0 Å². The van der Waals surface area contributed by atoms with E-state index < -0.39 is 24.5 Å². The van der Waals surface area contributed by atoms with E-state index in [1.807, 2.05) is 30.3 Å². The predicted molar refractivity (Wildman–Crippen MR) is 130 cm³/mol. The second kappa shape index (κ2) is 12.5. The van der Waals surface area contributed by atoms with Gasteiger partial charge >= 0.3 is 11.9 Å². The Balaban J connectivity index is 1.66. The molecule has 0 unspecified atom stereocenters. The Morgan fingerprint density at radius 3 is 2.29 bits per heavy atom. The molecule has 0 aliphatic heterocycles. The minimum Gasteiger partial charge on any atom is -0.497 e. The van der Waals surface area contributed by atoms with Gasteiger partial charge < -0.3 is 18.9 Å². The van der Waals surface area contributed by atoms with Crippen molar-refractivity contribution >= 4 is 34.3 Å². The third-order valence-corrected chi connectivity index (χ3v) is 5.89. The smallest absolute Gasteiger partial charge is 0.350 e. The molecule has 0 atom stereocenters. The molecule has 184 valence electrons. The summed E-state index contributed by atoms with van der Waals surface area (Å²) in [6.07, 6.45) is 0. The molecule has 0 fully saturated rings. The number of carbonyl (C=O) groups is 3. The molecule has 0 saturated heterocycles. The molecule has 0 spiro atoms.